The lowest BCUT2D eigenvalue weighted by Crippen LogP contribution is -2.28. The molecule has 1 saturated heterocycles. The lowest BCUT2D eigenvalue weighted by molar-refractivity contribution is -0.116. The summed E-state index contributed by atoms with van der Waals surface area (Å²) in [4.78, 5) is 25.6. The van der Waals surface area contributed by atoms with Crippen LogP contribution in [0.3, 0.4) is 0 Å². The van der Waals surface area contributed by atoms with Crippen molar-refractivity contribution in [3.05, 3.63) is 47.3 Å². The number of rotatable bonds is 7. The van der Waals surface area contributed by atoms with Crippen LogP contribution in [0.15, 0.2) is 34.9 Å². The number of likely N-dealkylation sites (tertiary alicyclic amines) is 1. The summed E-state index contributed by atoms with van der Waals surface area (Å²) in [7, 11) is 0. The smallest absolute Gasteiger partial charge is 0.248 e. The zero-order valence-electron chi connectivity index (χ0n) is 15.8. The van der Waals surface area contributed by atoms with Gasteiger partial charge in [0.1, 0.15) is 11.5 Å². The maximum atomic E-state index is 12.3. The first kappa shape index (κ1) is 19.1. The summed E-state index contributed by atoms with van der Waals surface area (Å²) in [5, 5.41) is 7.09. The third-order valence-electron chi connectivity index (χ3n) is 4.90. The Morgan fingerprint density at radius 1 is 1.33 bits per heavy atom. The molecule has 0 saturated carbocycles. The lowest BCUT2D eigenvalue weighted by atomic mass is 10.1. The predicted octanol–water partition coefficient (Wildman–Crippen LogP) is 3.06. The van der Waals surface area contributed by atoms with Gasteiger partial charge in [-0.2, -0.15) is 0 Å². The molecule has 0 unspecified atom stereocenters. The van der Waals surface area contributed by atoms with Gasteiger partial charge in [0.25, 0.3) is 0 Å². The van der Waals surface area contributed by atoms with Crippen molar-refractivity contribution >= 4 is 17.5 Å². The summed E-state index contributed by atoms with van der Waals surface area (Å²) in [6, 6.07) is 8.81. The summed E-state index contributed by atoms with van der Waals surface area (Å²) in [6.07, 6.45) is 2.51. The Hall–Kier alpha value is -2.67. The van der Waals surface area contributed by atoms with Crippen LogP contribution < -0.4 is 11.1 Å². The highest BCUT2D eigenvalue weighted by Gasteiger charge is 2.29. The number of nitrogens with one attached hydrogen (secondary N) is 1. The Morgan fingerprint density at radius 2 is 2.07 bits per heavy atom. The Bertz CT molecular complexity index is 798. The molecule has 27 heavy (non-hydrogen) atoms. The van der Waals surface area contributed by atoms with Crippen molar-refractivity contribution in [1.29, 1.82) is 0 Å². The van der Waals surface area contributed by atoms with Crippen LogP contribution in [0.1, 0.15) is 66.9 Å². The van der Waals surface area contributed by atoms with Gasteiger partial charge in [0.15, 0.2) is 0 Å². The molecule has 2 heterocycles. The van der Waals surface area contributed by atoms with Crippen LogP contribution in [0.4, 0.5) is 5.69 Å². The third kappa shape index (κ3) is 4.74. The second kappa shape index (κ2) is 8.35. The number of anilines is 1. The molecule has 7 heteroatoms. The van der Waals surface area contributed by atoms with Gasteiger partial charge in [-0.3, -0.25) is 14.5 Å². The highest BCUT2D eigenvalue weighted by molar-refractivity contribution is 5.94. The number of hydrogen-bond acceptors (Lipinski definition) is 5. The van der Waals surface area contributed by atoms with Crippen molar-refractivity contribution in [2.45, 2.75) is 45.1 Å². The average molecular weight is 370 g/mol. The van der Waals surface area contributed by atoms with E-state index in [-0.39, 0.29) is 11.9 Å². The minimum atomic E-state index is -0.485. The standard InChI is InChI=1S/C20H26N4O3/c1-13(2)18-12-16(23-27-18)17-4-3-10-24(17)11-9-19(25)22-15-7-5-14(6-8-15)20(21)26/h5-8,12-13,17H,3-4,9-11H2,1-2H3,(H2,21,26)(H,22,25)/t17-/m0/s1. The zero-order valence-corrected chi connectivity index (χ0v) is 15.8. The maximum Gasteiger partial charge on any atom is 0.248 e. The van der Waals surface area contributed by atoms with Gasteiger partial charge >= 0.3 is 0 Å². The SMILES string of the molecule is CC(C)c1cc([C@@H]2CCCN2CCC(=O)Nc2ccc(C(N)=O)cc2)no1. The van der Waals surface area contributed by atoms with Crippen molar-refractivity contribution in [3.63, 3.8) is 0 Å². The number of carbonyl (C=O) groups excluding carboxylic acids is 2. The van der Waals surface area contributed by atoms with Gasteiger partial charge in [-0.15, -0.1) is 0 Å². The van der Waals surface area contributed by atoms with Crippen molar-refractivity contribution in [1.82, 2.24) is 10.1 Å². The van der Waals surface area contributed by atoms with Gasteiger partial charge in [-0.05, 0) is 43.7 Å². The molecule has 3 rings (SSSR count). The van der Waals surface area contributed by atoms with E-state index in [1.165, 1.54) is 0 Å². The molecule has 1 aromatic carbocycles. The second-order valence-corrected chi connectivity index (χ2v) is 7.24. The van der Waals surface area contributed by atoms with Gasteiger partial charge in [0.2, 0.25) is 11.8 Å². The van der Waals surface area contributed by atoms with Gasteiger partial charge in [0.05, 0.1) is 6.04 Å². The van der Waals surface area contributed by atoms with Gasteiger partial charge in [0, 0.05) is 36.2 Å². The van der Waals surface area contributed by atoms with Crippen LogP contribution >= 0.6 is 0 Å². The topological polar surface area (TPSA) is 101 Å². The number of aromatic nitrogens is 1. The molecule has 1 aromatic heterocycles. The number of nitrogens with zero attached hydrogens (tertiary/aromatic N) is 2. The largest absolute Gasteiger partial charge is 0.366 e. The zero-order chi connectivity index (χ0) is 19.4. The van der Waals surface area contributed by atoms with Gasteiger partial charge in [-0.25, -0.2) is 0 Å². The van der Waals surface area contributed by atoms with Crippen LogP contribution in [-0.4, -0.2) is 35.0 Å². The van der Waals surface area contributed by atoms with Gasteiger partial charge < -0.3 is 15.6 Å². The fourth-order valence-corrected chi connectivity index (χ4v) is 3.35. The van der Waals surface area contributed by atoms with E-state index in [0.29, 0.717) is 30.1 Å². The summed E-state index contributed by atoms with van der Waals surface area (Å²) in [5.41, 5.74) is 7.25. The molecule has 2 aromatic rings. The highest BCUT2D eigenvalue weighted by atomic mass is 16.5. The molecular weight excluding hydrogens is 344 g/mol. The fraction of sp³-hybridized carbons (Fsp3) is 0.450. The molecule has 2 amide bonds. The van der Waals surface area contributed by atoms with Crippen LogP contribution in [0, 0.1) is 0 Å². The van der Waals surface area contributed by atoms with Crippen molar-refractivity contribution in [2.75, 3.05) is 18.4 Å². The van der Waals surface area contributed by atoms with E-state index in [9.17, 15) is 9.59 Å². The molecule has 1 aliphatic rings. The summed E-state index contributed by atoms with van der Waals surface area (Å²) in [6.45, 7) is 5.78. The number of carbonyl (C=O) groups is 2. The summed E-state index contributed by atoms with van der Waals surface area (Å²) in [5.74, 6) is 0.666. The molecular formula is C20H26N4O3. The molecule has 144 valence electrons. The van der Waals surface area contributed by atoms with E-state index in [0.717, 1.165) is 30.8 Å². The summed E-state index contributed by atoms with van der Waals surface area (Å²) >= 11 is 0. The molecule has 7 nitrogen and oxygen atoms in total. The number of amides is 2. The first-order chi connectivity index (χ1) is 12.9. The molecule has 0 spiro atoms. The number of hydrogen-bond donors (Lipinski definition) is 2. The van der Waals surface area contributed by atoms with Crippen molar-refractivity contribution in [3.8, 4) is 0 Å². The monoisotopic (exact) mass is 370 g/mol. The minimum absolute atomic E-state index is 0.0597. The Morgan fingerprint density at radius 3 is 2.70 bits per heavy atom. The van der Waals surface area contributed by atoms with Gasteiger partial charge in [-0.1, -0.05) is 19.0 Å². The third-order valence-corrected chi connectivity index (χ3v) is 4.90. The normalized spacial score (nSPS) is 17.4. The number of benzene rings is 1. The predicted molar refractivity (Wildman–Crippen MR) is 102 cm³/mol. The molecule has 1 aliphatic heterocycles. The molecule has 0 radical (unpaired) electrons. The first-order valence-electron chi connectivity index (χ1n) is 9.34. The van der Waals surface area contributed by atoms with E-state index in [2.05, 4.69) is 29.2 Å². The van der Waals surface area contributed by atoms with Crippen LogP contribution in [0.2, 0.25) is 0 Å². The van der Waals surface area contributed by atoms with E-state index < -0.39 is 5.91 Å². The Labute approximate surface area is 158 Å². The van der Waals surface area contributed by atoms with E-state index >= 15 is 0 Å². The molecule has 1 atom stereocenters. The maximum absolute atomic E-state index is 12.3. The van der Waals surface area contributed by atoms with Crippen LogP contribution in [-0.2, 0) is 4.79 Å². The Balaban J connectivity index is 1.53. The molecule has 0 aliphatic carbocycles. The number of primary amides is 1. The average Bonchev–Trinajstić information content (AvgIpc) is 3.29. The molecule has 0 bridgehead atoms. The van der Waals surface area contributed by atoms with E-state index in [1.807, 2.05) is 6.07 Å². The minimum Gasteiger partial charge on any atom is -0.366 e. The Kier molecular flexibility index (Phi) is 5.91. The number of nitrogens with two attached hydrogens (primary N) is 1. The first-order valence-corrected chi connectivity index (χ1v) is 9.34. The van der Waals surface area contributed by atoms with Crippen molar-refractivity contribution in [2.24, 2.45) is 5.73 Å². The van der Waals surface area contributed by atoms with Crippen molar-refractivity contribution < 1.29 is 14.1 Å². The molecule has 1 fully saturated rings. The van der Waals surface area contributed by atoms with Crippen LogP contribution in [0.5, 0.6) is 0 Å². The lowest BCUT2D eigenvalue weighted by Gasteiger charge is -2.22. The fourth-order valence-electron chi connectivity index (χ4n) is 3.35. The summed E-state index contributed by atoms with van der Waals surface area (Å²) < 4.78 is 5.43. The van der Waals surface area contributed by atoms with E-state index in [4.69, 9.17) is 10.3 Å². The second-order valence-electron chi connectivity index (χ2n) is 7.24. The van der Waals surface area contributed by atoms with E-state index in [1.54, 1.807) is 24.3 Å². The van der Waals surface area contributed by atoms with Crippen LogP contribution in [0.25, 0.3) is 0 Å². The molecule has 3 N–H and O–H groups in total. The quantitative estimate of drug-likeness (QED) is 0.780. The highest BCUT2D eigenvalue weighted by Crippen LogP contribution is 2.32.